The predicted octanol–water partition coefficient (Wildman–Crippen LogP) is 4.84. The first-order valence-electron chi connectivity index (χ1n) is 10.4. The Kier molecular flexibility index (Phi) is 4.84. The number of aryl methyl sites for hydroxylation is 1. The van der Waals surface area contributed by atoms with E-state index in [-0.39, 0.29) is 5.54 Å². The number of nitrogens with zero attached hydrogens (tertiary/aromatic N) is 5. The molecule has 0 radical (unpaired) electrons. The van der Waals surface area contributed by atoms with Gasteiger partial charge in [-0.1, -0.05) is 30.0 Å². The van der Waals surface area contributed by atoms with Gasteiger partial charge in [-0.2, -0.15) is 15.5 Å². The number of pyridine rings is 1. The minimum atomic E-state index is 0.135. The minimum absolute atomic E-state index is 0.135. The lowest BCUT2D eigenvalue weighted by Gasteiger charge is -2.17. The van der Waals surface area contributed by atoms with Crippen molar-refractivity contribution >= 4 is 17.3 Å². The third kappa shape index (κ3) is 3.73. The summed E-state index contributed by atoms with van der Waals surface area (Å²) < 4.78 is 3.88. The first kappa shape index (κ1) is 19.9. The van der Waals surface area contributed by atoms with Gasteiger partial charge < -0.3 is 5.32 Å². The standard InChI is InChI=1S/C24H24N6S/c1-16-6-4-5-7-21(16)31-22-8-17(14-30-23(22)18(10-25)11-28-30)19-12-27-29(15-19)20-9-24(2,3)26-13-20/h4-8,11-12,14-15,20,26H,9,13H2,1-3H3/t20-/m0/s1. The first-order valence-corrected chi connectivity index (χ1v) is 11.2. The summed E-state index contributed by atoms with van der Waals surface area (Å²) in [6.07, 6.45) is 8.70. The minimum Gasteiger partial charge on any atom is -0.310 e. The zero-order valence-electron chi connectivity index (χ0n) is 17.8. The quantitative estimate of drug-likeness (QED) is 0.503. The molecule has 3 aromatic heterocycles. The third-order valence-corrected chi connectivity index (χ3v) is 7.09. The zero-order valence-corrected chi connectivity index (χ0v) is 18.6. The first-order chi connectivity index (χ1) is 14.9. The van der Waals surface area contributed by atoms with E-state index in [1.165, 1.54) is 10.5 Å². The molecule has 7 heteroatoms. The van der Waals surface area contributed by atoms with Crippen molar-refractivity contribution in [2.75, 3.05) is 6.54 Å². The number of hydrogen-bond donors (Lipinski definition) is 1. The Morgan fingerprint density at radius 2 is 1.97 bits per heavy atom. The van der Waals surface area contributed by atoms with Crippen LogP contribution in [0.5, 0.6) is 0 Å². The van der Waals surface area contributed by atoms with Crippen molar-refractivity contribution in [3.63, 3.8) is 0 Å². The molecule has 6 nitrogen and oxygen atoms in total. The van der Waals surface area contributed by atoms with Gasteiger partial charge in [-0.15, -0.1) is 0 Å². The summed E-state index contributed by atoms with van der Waals surface area (Å²) in [6.45, 7) is 7.48. The Balaban J connectivity index is 1.56. The maximum absolute atomic E-state index is 9.59. The van der Waals surface area contributed by atoms with Gasteiger partial charge in [-0.05, 0) is 44.9 Å². The fourth-order valence-corrected chi connectivity index (χ4v) is 5.29. The molecule has 1 aliphatic rings. The molecule has 4 aromatic rings. The maximum Gasteiger partial charge on any atom is 0.103 e. The predicted molar refractivity (Wildman–Crippen MR) is 122 cm³/mol. The van der Waals surface area contributed by atoms with E-state index in [9.17, 15) is 5.26 Å². The van der Waals surface area contributed by atoms with Crippen molar-refractivity contribution in [2.45, 2.75) is 48.6 Å². The molecule has 4 heterocycles. The molecule has 5 rings (SSSR count). The van der Waals surface area contributed by atoms with Gasteiger partial charge in [0.1, 0.15) is 6.07 Å². The fourth-order valence-electron chi connectivity index (χ4n) is 4.19. The molecular formula is C24H24N6S. The van der Waals surface area contributed by atoms with Crippen molar-refractivity contribution < 1.29 is 0 Å². The Hall–Kier alpha value is -3.08. The van der Waals surface area contributed by atoms with Crippen molar-refractivity contribution in [3.05, 3.63) is 66.2 Å². The van der Waals surface area contributed by atoms with Crippen LogP contribution in [0.2, 0.25) is 0 Å². The highest BCUT2D eigenvalue weighted by atomic mass is 32.2. The molecule has 0 amide bonds. The van der Waals surface area contributed by atoms with E-state index in [4.69, 9.17) is 0 Å². The van der Waals surface area contributed by atoms with E-state index < -0.39 is 0 Å². The molecule has 0 bridgehead atoms. The molecule has 1 fully saturated rings. The summed E-state index contributed by atoms with van der Waals surface area (Å²) in [5.41, 5.74) is 4.85. The maximum atomic E-state index is 9.59. The van der Waals surface area contributed by atoms with Crippen LogP contribution in [0.1, 0.15) is 37.4 Å². The van der Waals surface area contributed by atoms with E-state index in [2.05, 4.69) is 71.4 Å². The van der Waals surface area contributed by atoms with E-state index in [0.29, 0.717) is 11.6 Å². The number of rotatable bonds is 4. The molecule has 0 unspecified atom stereocenters. The SMILES string of the molecule is Cc1ccccc1Sc1cc(-c2cnn([C@@H]3CNC(C)(C)C3)c2)cn2ncc(C#N)c12. The molecule has 1 N–H and O–H groups in total. The van der Waals surface area contributed by atoms with Gasteiger partial charge in [0.2, 0.25) is 0 Å². The van der Waals surface area contributed by atoms with Crippen molar-refractivity contribution in [3.8, 4) is 17.2 Å². The van der Waals surface area contributed by atoms with Gasteiger partial charge in [-0.25, -0.2) is 4.52 Å². The van der Waals surface area contributed by atoms with Crippen molar-refractivity contribution in [2.24, 2.45) is 0 Å². The Morgan fingerprint density at radius 3 is 2.71 bits per heavy atom. The van der Waals surface area contributed by atoms with E-state index in [0.717, 1.165) is 34.5 Å². The molecule has 0 saturated carbocycles. The lowest BCUT2D eigenvalue weighted by molar-refractivity contribution is 0.423. The average Bonchev–Trinajstić information content (AvgIpc) is 3.47. The number of aromatic nitrogens is 4. The number of benzene rings is 1. The summed E-state index contributed by atoms with van der Waals surface area (Å²) in [4.78, 5) is 2.18. The highest BCUT2D eigenvalue weighted by Crippen LogP contribution is 2.37. The molecule has 1 aliphatic heterocycles. The largest absolute Gasteiger partial charge is 0.310 e. The second-order valence-corrected chi connectivity index (χ2v) is 9.84. The third-order valence-electron chi connectivity index (χ3n) is 5.88. The van der Waals surface area contributed by atoms with Crippen LogP contribution in [0.4, 0.5) is 0 Å². The highest BCUT2D eigenvalue weighted by molar-refractivity contribution is 7.99. The van der Waals surface area contributed by atoms with Gasteiger partial charge in [-0.3, -0.25) is 4.68 Å². The number of hydrogen-bond acceptors (Lipinski definition) is 5. The Labute approximate surface area is 185 Å². The second kappa shape index (κ2) is 7.56. The average molecular weight is 429 g/mol. The Morgan fingerprint density at radius 1 is 1.13 bits per heavy atom. The van der Waals surface area contributed by atoms with Crippen LogP contribution in [0.15, 0.2) is 64.9 Å². The summed E-state index contributed by atoms with van der Waals surface area (Å²) in [5, 5.41) is 22.3. The van der Waals surface area contributed by atoms with Crippen LogP contribution >= 0.6 is 11.8 Å². The van der Waals surface area contributed by atoms with Crippen LogP contribution in [-0.4, -0.2) is 31.5 Å². The van der Waals surface area contributed by atoms with Gasteiger partial charge in [0.05, 0.1) is 29.5 Å². The lowest BCUT2D eigenvalue weighted by atomic mass is 10.0. The molecule has 1 aromatic carbocycles. The number of fused-ring (bicyclic) bond motifs is 1. The summed E-state index contributed by atoms with van der Waals surface area (Å²) >= 11 is 1.67. The summed E-state index contributed by atoms with van der Waals surface area (Å²) in [5.74, 6) is 0. The monoisotopic (exact) mass is 428 g/mol. The summed E-state index contributed by atoms with van der Waals surface area (Å²) in [6, 6.07) is 13.1. The fraction of sp³-hybridized carbons (Fsp3) is 0.292. The van der Waals surface area contributed by atoms with Gasteiger partial charge in [0.15, 0.2) is 0 Å². The topological polar surface area (TPSA) is 70.9 Å². The molecule has 31 heavy (non-hydrogen) atoms. The Bertz CT molecular complexity index is 1310. The smallest absolute Gasteiger partial charge is 0.103 e. The summed E-state index contributed by atoms with van der Waals surface area (Å²) in [7, 11) is 0. The van der Waals surface area contributed by atoms with Crippen LogP contribution in [0.3, 0.4) is 0 Å². The van der Waals surface area contributed by atoms with Crippen LogP contribution in [0.25, 0.3) is 16.6 Å². The van der Waals surface area contributed by atoms with E-state index in [1.54, 1.807) is 18.0 Å². The lowest BCUT2D eigenvalue weighted by Crippen LogP contribution is -2.31. The highest BCUT2D eigenvalue weighted by Gasteiger charge is 2.31. The molecule has 1 atom stereocenters. The van der Waals surface area contributed by atoms with E-state index >= 15 is 0 Å². The molecular weight excluding hydrogens is 404 g/mol. The zero-order chi connectivity index (χ0) is 21.6. The van der Waals surface area contributed by atoms with Crippen LogP contribution in [-0.2, 0) is 0 Å². The van der Waals surface area contributed by atoms with Crippen molar-refractivity contribution in [1.82, 2.24) is 24.7 Å². The van der Waals surface area contributed by atoms with Gasteiger partial charge >= 0.3 is 0 Å². The van der Waals surface area contributed by atoms with Crippen LogP contribution < -0.4 is 5.32 Å². The van der Waals surface area contributed by atoms with Gasteiger partial charge in [0.25, 0.3) is 0 Å². The van der Waals surface area contributed by atoms with Crippen LogP contribution in [0, 0.1) is 18.3 Å². The van der Waals surface area contributed by atoms with Gasteiger partial charge in [0, 0.05) is 45.4 Å². The molecule has 1 saturated heterocycles. The van der Waals surface area contributed by atoms with Crippen molar-refractivity contribution in [1.29, 1.82) is 5.26 Å². The molecule has 0 spiro atoms. The normalized spacial score (nSPS) is 17.8. The molecule has 156 valence electrons. The van der Waals surface area contributed by atoms with E-state index in [1.807, 2.05) is 29.0 Å². The number of nitrogens with one attached hydrogen (secondary N) is 1. The number of nitriles is 1. The molecule has 0 aliphatic carbocycles. The second-order valence-electron chi connectivity index (χ2n) is 8.76.